The molecule has 2 aromatic carbocycles. The number of phenols is 1. The number of aromatic hydroxyl groups is 1. The first-order valence-electron chi connectivity index (χ1n) is 14.0. The largest absolute Gasteiger partial charge is 0.504 e. The van der Waals surface area contributed by atoms with Crippen LogP contribution in [0.1, 0.15) is 48.8 Å². The Morgan fingerprint density at radius 1 is 1.26 bits per heavy atom. The number of halogens is 1. The Hall–Kier alpha value is -2.55. The molecule has 3 aliphatic carbocycles. The van der Waals surface area contributed by atoms with Crippen LogP contribution in [0.25, 0.3) is 6.08 Å². The number of piperidine rings is 1. The lowest BCUT2D eigenvalue weighted by molar-refractivity contribution is -0.200. The SMILES string of the molecule is COc1ccc(/C=C/C(=O)N(C)C2CC[C@@]3(O)[C@H]4Cc5ccc(O)c6c5[C@@]3(CCN4CC3CC3)C2O6)cc1Br. The minimum atomic E-state index is -0.956. The van der Waals surface area contributed by atoms with E-state index in [-0.39, 0.29) is 23.7 Å². The van der Waals surface area contributed by atoms with E-state index in [2.05, 4.69) is 20.8 Å². The van der Waals surface area contributed by atoms with Crippen molar-refractivity contribution in [1.29, 1.82) is 0 Å². The van der Waals surface area contributed by atoms with Crippen molar-refractivity contribution in [3.8, 4) is 17.2 Å². The highest BCUT2D eigenvalue weighted by molar-refractivity contribution is 9.10. The Morgan fingerprint density at radius 3 is 2.82 bits per heavy atom. The van der Waals surface area contributed by atoms with E-state index < -0.39 is 17.1 Å². The molecule has 1 amide bonds. The number of likely N-dealkylation sites (tertiary alicyclic amines) is 1. The van der Waals surface area contributed by atoms with Crippen molar-refractivity contribution >= 4 is 27.9 Å². The third kappa shape index (κ3) is 3.64. The van der Waals surface area contributed by atoms with E-state index in [1.807, 2.05) is 37.4 Å². The summed E-state index contributed by atoms with van der Waals surface area (Å²) >= 11 is 3.50. The van der Waals surface area contributed by atoms with Gasteiger partial charge in [-0.15, -0.1) is 0 Å². The number of benzene rings is 2. The van der Waals surface area contributed by atoms with Gasteiger partial charge in [-0.3, -0.25) is 9.69 Å². The third-order valence-corrected chi connectivity index (χ3v) is 10.8. The first-order chi connectivity index (χ1) is 18.8. The van der Waals surface area contributed by atoms with Crippen LogP contribution in [0.5, 0.6) is 17.2 Å². The molecule has 1 spiro atoms. The molecule has 2 saturated carbocycles. The van der Waals surface area contributed by atoms with E-state index in [4.69, 9.17) is 9.47 Å². The van der Waals surface area contributed by atoms with Crippen LogP contribution in [0, 0.1) is 5.92 Å². The average molecular weight is 596 g/mol. The Labute approximate surface area is 237 Å². The number of likely N-dealkylation sites (N-methyl/N-ethyl adjacent to an activating group) is 1. The molecule has 2 heterocycles. The van der Waals surface area contributed by atoms with Crippen LogP contribution >= 0.6 is 15.9 Å². The number of rotatable bonds is 6. The molecule has 1 saturated heterocycles. The molecule has 2 bridgehead atoms. The smallest absolute Gasteiger partial charge is 0.246 e. The van der Waals surface area contributed by atoms with Crippen LogP contribution < -0.4 is 9.47 Å². The molecular weight excluding hydrogens is 560 g/mol. The topological polar surface area (TPSA) is 82.5 Å². The standard InChI is InChI=1S/C31H35BrN2O5/c1-33(26(36)10-6-18-5-9-24(38-2)21(32)15-18)22-11-12-31(37)25-16-20-7-8-23(35)28-27(20)30(31,29(22)39-28)13-14-34(25)17-19-3-4-19/h5-10,15,19,22,25,29,35,37H,3-4,11-14,16-17H2,1-2H3/b10-6+/t22?,25-,29?,30+,31-/m1/s1. The molecule has 5 atom stereocenters. The van der Waals surface area contributed by atoms with Crippen molar-refractivity contribution < 1.29 is 24.5 Å². The monoisotopic (exact) mass is 594 g/mol. The normalized spacial score (nSPS) is 32.6. The molecule has 7 rings (SSSR count). The van der Waals surface area contributed by atoms with Crippen LogP contribution in [0.15, 0.2) is 40.9 Å². The predicted octanol–water partition coefficient (Wildman–Crippen LogP) is 4.27. The minimum Gasteiger partial charge on any atom is -0.504 e. The minimum absolute atomic E-state index is 0.0244. The number of nitrogens with zero attached hydrogens (tertiary/aromatic N) is 2. The molecule has 2 N–H and O–H groups in total. The van der Waals surface area contributed by atoms with Crippen molar-refractivity contribution in [1.82, 2.24) is 9.80 Å². The fourth-order valence-corrected chi connectivity index (χ4v) is 8.65. The number of hydrogen-bond acceptors (Lipinski definition) is 6. The first kappa shape index (κ1) is 25.4. The maximum absolute atomic E-state index is 13.5. The summed E-state index contributed by atoms with van der Waals surface area (Å²) in [7, 11) is 3.45. The lowest BCUT2D eigenvalue weighted by atomic mass is 9.48. The number of carbonyl (C=O) groups excluding carboxylic acids is 1. The van der Waals surface area contributed by atoms with Gasteiger partial charge in [-0.25, -0.2) is 0 Å². The van der Waals surface area contributed by atoms with Gasteiger partial charge in [0.1, 0.15) is 11.9 Å². The van der Waals surface area contributed by atoms with Crippen LogP contribution in [0.3, 0.4) is 0 Å². The van der Waals surface area contributed by atoms with Crippen molar-refractivity contribution in [2.75, 3.05) is 27.2 Å². The highest BCUT2D eigenvalue weighted by Gasteiger charge is 2.73. The summed E-state index contributed by atoms with van der Waals surface area (Å²) in [5, 5.41) is 23.5. The molecular formula is C31H35BrN2O5. The van der Waals surface area contributed by atoms with Gasteiger partial charge in [0.05, 0.1) is 28.6 Å². The maximum atomic E-state index is 13.5. The molecule has 39 heavy (non-hydrogen) atoms. The summed E-state index contributed by atoms with van der Waals surface area (Å²) in [5.74, 6) is 2.00. The van der Waals surface area contributed by atoms with Crippen molar-refractivity contribution in [2.45, 2.75) is 67.7 Å². The Balaban J connectivity index is 1.22. The zero-order chi connectivity index (χ0) is 27.1. The second-order valence-corrected chi connectivity index (χ2v) is 12.9. The van der Waals surface area contributed by atoms with Gasteiger partial charge < -0.3 is 24.6 Å². The summed E-state index contributed by atoms with van der Waals surface area (Å²) in [4.78, 5) is 17.8. The van der Waals surface area contributed by atoms with Crippen LogP contribution in [0.4, 0.5) is 0 Å². The van der Waals surface area contributed by atoms with Gasteiger partial charge in [0, 0.05) is 31.3 Å². The number of phenolic OH excluding ortho intramolecular Hbond substituents is 1. The molecule has 0 aromatic heterocycles. The third-order valence-electron chi connectivity index (χ3n) is 10.2. The number of amides is 1. The molecule has 2 unspecified atom stereocenters. The van der Waals surface area contributed by atoms with E-state index in [1.165, 1.54) is 18.4 Å². The van der Waals surface area contributed by atoms with Crippen molar-refractivity contribution in [2.24, 2.45) is 5.92 Å². The molecule has 3 fully saturated rings. The maximum Gasteiger partial charge on any atom is 0.246 e. The van der Waals surface area contributed by atoms with Gasteiger partial charge in [-0.05, 0) is 102 Å². The zero-order valence-electron chi connectivity index (χ0n) is 22.4. The molecule has 7 nitrogen and oxygen atoms in total. The lowest BCUT2D eigenvalue weighted by Crippen LogP contribution is -2.78. The summed E-state index contributed by atoms with van der Waals surface area (Å²) in [6.45, 7) is 1.94. The predicted molar refractivity (Wildman–Crippen MR) is 151 cm³/mol. The number of methoxy groups -OCH3 is 1. The molecule has 8 heteroatoms. The first-order valence-corrected chi connectivity index (χ1v) is 14.8. The fraction of sp³-hybridized carbons (Fsp3) is 0.516. The lowest BCUT2D eigenvalue weighted by Gasteiger charge is -2.64. The van der Waals surface area contributed by atoms with E-state index in [9.17, 15) is 15.0 Å². The molecule has 0 radical (unpaired) electrons. The van der Waals surface area contributed by atoms with Gasteiger partial charge in [-0.1, -0.05) is 12.1 Å². The van der Waals surface area contributed by atoms with Gasteiger partial charge in [0.15, 0.2) is 11.5 Å². The number of hydrogen-bond donors (Lipinski definition) is 2. The number of aliphatic hydroxyl groups is 1. The van der Waals surface area contributed by atoms with Crippen LogP contribution in [-0.4, -0.2) is 77.0 Å². The van der Waals surface area contributed by atoms with E-state index in [0.717, 1.165) is 53.2 Å². The van der Waals surface area contributed by atoms with E-state index in [1.54, 1.807) is 24.2 Å². The summed E-state index contributed by atoms with van der Waals surface area (Å²) in [5.41, 5.74) is 1.45. The van der Waals surface area contributed by atoms with Crippen LogP contribution in [-0.2, 0) is 16.6 Å². The summed E-state index contributed by atoms with van der Waals surface area (Å²) in [6.07, 6.45) is 8.32. The van der Waals surface area contributed by atoms with Gasteiger partial charge in [-0.2, -0.15) is 0 Å². The van der Waals surface area contributed by atoms with Crippen molar-refractivity contribution in [3.05, 3.63) is 57.6 Å². The second-order valence-electron chi connectivity index (χ2n) is 12.1. The van der Waals surface area contributed by atoms with Gasteiger partial charge in [0.2, 0.25) is 5.91 Å². The second kappa shape index (κ2) is 8.98. The summed E-state index contributed by atoms with van der Waals surface area (Å²) in [6, 6.07) is 9.24. The zero-order valence-corrected chi connectivity index (χ0v) is 24.0. The Morgan fingerprint density at radius 2 is 2.08 bits per heavy atom. The van der Waals surface area contributed by atoms with E-state index in [0.29, 0.717) is 18.6 Å². The van der Waals surface area contributed by atoms with E-state index >= 15 is 0 Å². The quantitative estimate of drug-likeness (QED) is 0.486. The Kier molecular flexibility index (Phi) is 5.85. The molecule has 2 aromatic rings. The Bertz CT molecular complexity index is 1370. The highest BCUT2D eigenvalue weighted by Crippen LogP contribution is 2.66. The average Bonchev–Trinajstić information content (AvgIpc) is 3.67. The number of ether oxygens (including phenoxy) is 2. The van der Waals surface area contributed by atoms with Gasteiger partial charge >= 0.3 is 0 Å². The molecule has 206 valence electrons. The molecule has 5 aliphatic rings. The summed E-state index contributed by atoms with van der Waals surface area (Å²) < 4.78 is 12.8. The molecule has 2 aliphatic heterocycles. The van der Waals surface area contributed by atoms with Crippen molar-refractivity contribution in [3.63, 3.8) is 0 Å². The number of carbonyl (C=O) groups is 1. The van der Waals surface area contributed by atoms with Crippen LogP contribution in [0.2, 0.25) is 0 Å². The fourth-order valence-electron chi connectivity index (χ4n) is 8.09. The highest BCUT2D eigenvalue weighted by atomic mass is 79.9. The van der Waals surface area contributed by atoms with Gasteiger partial charge in [0.25, 0.3) is 0 Å².